The van der Waals surface area contributed by atoms with Crippen LogP contribution in [-0.4, -0.2) is 67.0 Å². The fourth-order valence-electron chi connectivity index (χ4n) is 3.73. The molecule has 0 radical (unpaired) electrons. The molecule has 2 aromatic rings. The molecule has 0 spiro atoms. The Hall–Kier alpha value is -2.91. The van der Waals surface area contributed by atoms with E-state index in [1.165, 1.54) is 17.0 Å². The van der Waals surface area contributed by atoms with Crippen molar-refractivity contribution in [2.24, 2.45) is 0 Å². The predicted molar refractivity (Wildman–Crippen MR) is 116 cm³/mol. The highest BCUT2D eigenvalue weighted by molar-refractivity contribution is 7.90. The van der Waals surface area contributed by atoms with Crippen LogP contribution in [0.4, 0.5) is 4.79 Å². The second kappa shape index (κ2) is 9.07. The molecule has 31 heavy (non-hydrogen) atoms. The summed E-state index contributed by atoms with van der Waals surface area (Å²) in [5.41, 5.74) is 1.08. The molecule has 1 fully saturated rings. The molecule has 166 valence electrons. The molecule has 8 nitrogen and oxygen atoms in total. The summed E-state index contributed by atoms with van der Waals surface area (Å²) in [6.07, 6.45) is -0.176. The van der Waals surface area contributed by atoms with Gasteiger partial charge in [0, 0.05) is 37.3 Å². The van der Waals surface area contributed by atoms with Gasteiger partial charge in [-0.3, -0.25) is 9.69 Å². The fraction of sp³-hybridized carbons (Fsp3) is 0.364. The first kappa shape index (κ1) is 22.8. The summed E-state index contributed by atoms with van der Waals surface area (Å²) in [4.78, 5) is 27.2. The van der Waals surface area contributed by atoms with Crippen LogP contribution in [0.3, 0.4) is 0 Å². The van der Waals surface area contributed by atoms with Gasteiger partial charge in [-0.25, -0.2) is 17.9 Å². The topological polar surface area (TPSA) is 107 Å². The summed E-state index contributed by atoms with van der Waals surface area (Å²) >= 11 is 0. The van der Waals surface area contributed by atoms with Crippen molar-refractivity contribution in [2.45, 2.75) is 30.7 Å². The van der Waals surface area contributed by atoms with Crippen molar-refractivity contribution in [3.63, 3.8) is 0 Å². The molecule has 0 atom stereocenters. The van der Waals surface area contributed by atoms with Gasteiger partial charge in [0.05, 0.1) is 4.90 Å². The lowest BCUT2D eigenvalue weighted by molar-refractivity contribution is 0.0515. The van der Waals surface area contributed by atoms with Crippen molar-refractivity contribution >= 4 is 22.0 Å². The average Bonchev–Trinajstić information content (AvgIpc) is 2.74. The predicted octanol–water partition coefficient (Wildman–Crippen LogP) is 2.42. The smallest absolute Gasteiger partial charge is 0.407 e. The van der Waals surface area contributed by atoms with E-state index in [1.54, 1.807) is 30.3 Å². The van der Waals surface area contributed by atoms with Crippen molar-refractivity contribution in [1.29, 1.82) is 0 Å². The SMILES string of the molecule is CC(C)(Cc1ccc(C(=O)NS(=O)(=O)c2ccccc2)cc1)N1CCN(C(=O)O)CC1. The molecule has 0 bridgehead atoms. The molecule has 1 aliphatic heterocycles. The Balaban J connectivity index is 1.62. The lowest BCUT2D eigenvalue weighted by atomic mass is 9.91. The van der Waals surface area contributed by atoms with E-state index >= 15 is 0 Å². The number of benzene rings is 2. The summed E-state index contributed by atoms with van der Waals surface area (Å²) in [6, 6.07) is 14.6. The fourth-order valence-corrected chi connectivity index (χ4v) is 4.72. The average molecular weight is 446 g/mol. The molecule has 1 heterocycles. The van der Waals surface area contributed by atoms with Crippen molar-refractivity contribution in [3.8, 4) is 0 Å². The van der Waals surface area contributed by atoms with Crippen LogP contribution < -0.4 is 4.72 Å². The number of rotatable bonds is 6. The Bertz CT molecular complexity index is 1030. The van der Waals surface area contributed by atoms with Gasteiger partial charge in [-0.15, -0.1) is 0 Å². The van der Waals surface area contributed by atoms with Gasteiger partial charge in [0.1, 0.15) is 0 Å². The number of carboxylic acid groups (broad SMARTS) is 1. The van der Waals surface area contributed by atoms with Gasteiger partial charge >= 0.3 is 6.09 Å². The number of nitrogens with one attached hydrogen (secondary N) is 1. The van der Waals surface area contributed by atoms with Crippen LogP contribution in [-0.2, 0) is 16.4 Å². The first-order valence-corrected chi connectivity index (χ1v) is 11.5. The summed E-state index contributed by atoms with van der Waals surface area (Å²) in [6.45, 7) is 6.50. The van der Waals surface area contributed by atoms with Gasteiger partial charge in [-0.1, -0.05) is 30.3 Å². The van der Waals surface area contributed by atoms with E-state index in [9.17, 15) is 18.0 Å². The van der Waals surface area contributed by atoms with Gasteiger partial charge < -0.3 is 10.0 Å². The van der Waals surface area contributed by atoms with E-state index in [0.29, 0.717) is 32.6 Å². The quantitative estimate of drug-likeness (QED) is 0.707. The monoisotopic (exact) mass is 445 g/mol. The van der Waals surface area contributed by atoms with E-state index in [0.717, 1.165) is 5.56 Å². The van der Waals surface area contributed by atoms with Crippen LogP contribution in [0.2, 0.25) is 0 Å². The number of amides is 2. The normalized spacial score (nSPS) is 15.5. The number of hydrogen-bond acceptors (Lipinski definition) is 5. The van der Waals surface area contributed by atoms with Crippen LogP contribution in [0.15, 0.2) is 59.5 Å². The molecular weight excluding hydrogens is 418 g/mol. The van der Waals surface area contributed by atoms with E-state index in [4.69, 9.17) is 5.11 Å². The van der Waals surface area contributed by atoms with Crippen molar-refractivity contribution < 1.29 is 23.1 Å². The van der Waals surface area contributed by atoms with Crippen LogP contribution in [0.5, 0.6) is 0 Å². The molecule has 0 unspecified atom stereocenters. The number of carbonyl (C=O) groups is 2. The Kier molecular flexibility index (Phi) is 6.66. The largest absolute Gasteiger partial charge is 0.465 e. The molecule has 2 amide bonds. The Morgan fingerprint density at radius 1 is 0.968 bits per heavy atom. The second-order valence-corrected chi connectivity index (χ2v) is 9.87. The molecule has 3 rings (SSSR count). The maximum atomic E-state index is 12.4. The van der Waals surface area contributed by atoms with E-state index in [2.05, 4.69) is 23.5 Å². The molecule has 2 aromatic carbocycles. The second-order valence-electron chi connectivity index (χ2n) is 8.19. The first-order chi connectivity index (χ1) is 14.6. The summed E-state index contributed by atoms with van der Waals surface area (Å²) in [7, 11) is -3.92. The zero-order chi connectivity index (χ0) is 22.6. The van der Waals surface area contributed by atoms with Gasteiger partial charge in [0.15, 0.2) is 0 Å². The van der Waals surface area contributed by atoms with Crippen molar-refractivity contribution in [3.05, 3.63) is 65.7 Å². The summed E-state index contributed by atoms with van der Waals surface area (Å²) in [5.74, 6) is -0.681. The minimum Gasteiger partial charge on any atom is -0.465 e. The minimum atomic E-state index is -3.92. The molecule has 2 N–H and O–H groups in total. The van der Waals surface area contributed by atoms with Crippen LogP contribution in [0.25, 0.3) is 0 Å². The van der Waals surface area contributed by atoms with Crippen LogP contribution in [0.1, 0.15) is 29.8 Å². The molecule has 1 aliphatic rings. The van der Waals surface area contributed by atoms with Gasteiger partial charge in [-0.2, -0.15) is 0 Å². The van der Waals surface area contributed by atoms with E-state index in [-0.39, 0.29) is 16.0 Å². The lowest BCUT2D eigenvalue weighted by Gasteiger charge is -2.43. The zero-order valence-electron chi connectivity index (χ0n) is 17.6. The highest BCUT2D eigenvalue weighted by atomic mass is 32.2. The number of nitrogens with zero attached hydrogens (tertiary/aromatic N) is 2. The van der Waals surface area contributed by atoms with Gasteiger partial charge in [-0.05, 0) is 50.1 Å². The Labute approximate surface area is 182 Å². The Morgan fingerprint density at radius 2 is 1.55 bits per heavy atom. The van der Waals surface area contributed by atoms with E-state index in [1.807, 2.05) is 12.1 Å². The van der Waals surface area contributed by atoms with Crippen molar-refractivity contribution in [2.75, 3.05) is 26.2 Å². The van der Waals surface area contributed by atoms with E-state index < -0.39 is 22.0 Å². The molecule has 1 saturated heterocycles. The summed E-state index contributed by atoms with van der Waals surface area (Å²) < 4.78 is 26.8. The minimum absolute atomic E-state index is 0.0321. The Morgan fingerprint density at radius 3 is 2.10 bits per heavy atom. The first-order valence-electron chi connectivity index (χ1n) is 10.0. The molecule has 9 heteroatoms. The van der Waals surface area contributed by atoms with Crippen molar-refractivity contribution in [1.82, 2.24) is 14.5 Å². The number of sulfonamides is 1. The maximum absolute atomic E-state index is 12.4. The molecular formula is C22H27N3O5S. The third kappa shape index (κ3) is 5.62. The van der Waals surface area contributed by atoms with Crippen LogP contribution in [0, 0.1) is 0 Å². The third-order valence-electron chi connectivity index (χ3n) is 5.54. The van der Waals surface area contributed by atoms with Gasteiger partial charge in [0.25, 0.3) is 15.9 Å². The van der Waals surface area contributed by atoms with Gasteiger partial charge in [0.2, 0.25) is 0 Å². The zero-order valence-corrected chi connectivity index (χ0v) is 18.4. The number of carbonyl (C=O) groups excluding carboxylic acids is 1. The standard InChI is InChI=1S/C22H27N3O5S/c1-22(2,25-14-12-24(13-15-25)21(27)28)16-17-8-10-18(11-9-17)20(26)23-31(29,30)19-6-4-3-5-7-19/h3-11H,12-16H2,1-2H3,(H,23,26)(H,27,28). The summed E-state index contributed by atoms with van der Waals surface area (Å²) in [5, 5.41) is 9.11. The maximum Gasteiger partial charge on any atom is 0.407 e. The highest BCUT2D eigenvalue weighted by Crippen LogP contribution is 2.22. The third-order valence-corrected chi connectivity index (χ3v) is 6.89. The van der Waals surface area contributed by atoms with Crippen LogP contribution >= 0.6 is 0 Å². The molecule has 0 aliphatic carbocycles. The number of hydrogen-bond donors (Lipinski definition) is 2. The molecule has 0 saturated carbocycles. The number of piperazine rings is 1. The highest BCUT2D eigenvalue weighted by Gasteiger charge is 2.31. The lowest BCUT2D eigenvalue weighted by Crippen LogP contribution is -2.56. The molecule has 0 aromatic heterocycles.